The molecule has 6 nitrogen and oxygen atoms in total. The van der Waals surface area contributed by atoms with E-state index in [9.17, 15) is 9.59 Å². The predicted octanol–water partition coefficient (Wildman–Crippen LogP) is 2.07. The van der Waals surface area contributed by atoms with Crippen molar-refractivity contribution in [2.45, 2.75) is 25.0 Å². The summed E-state index contributed by atoms with van der Waals surface area (Å²) in [5, 5.41) is 11.8. The number of carbonyl (C=O) groups is 2. The predicted molar refractivity (Wildman–Crippen MR) is 71.1 cm³/mol. The van der Waals surface area contributed by atoms with Crippen molar-refractivity contribution in [2.75, 3.05) is 5.32 Å². The van der Waals surface area contributed by atoms with Gasteiger partial charge in [-0.3, -0.25) is 4.79 Å². The molecule has 19 heavy (non-hydrogen) atoms. The fraction of sp³-hybridized carbons (Fsp3) is 0.364. The molecule has 1 aliphatic heterocycles. The van der Waals surface area contributed by atoms with E-state index in [4.69, 9.17) is 21.4 Å². The zero-order chi connectivity index (χ0) is 14.0. The third-order valence-corrected chi connectivity index (χ3v) is 3.49. The Morgan fingerprint density at radius 3 is 2.79 bits per heavy atom. The normalized spacial score (nSPS) is 22.2. The van der Waals surface area contributed by atoms with Gasteiger partial charge in [0.25, 0.3) is 5.91 Å². The van der Waals surface area contributed by atoms with Crippen LogP contribution in [0.3, 0.4) is 0 Å². The summed E-state index contributed by atoms with van der Waals surface area (Å²) >= 11 is 8.96. The number of aromatic nitrogens is 1. The molecule has 0 aromatic carbocycles. The van der Waals surface area contributed by atoms with Crippen LogP contribution in [0.25, 0.3) is 0 Å². The highest BCUT2D eigenvalue weighted by molar-refractivity contribution is 9.10. The number of nitrogens with one attached hydrogen (secondary N) is 1. The lowest BCUT2D eigenvalue weighted by atomic mass is 10.2. The number of carbonyl (C=O) groups excluding carboxylic acids is 1. The van der Waals surface area contributed by atoms with Crippen LogP contribution in [-0.2, 0) is 14.3 Å². The van der Waals surface area contributed by atoms with E-state index in [0.29, 0.717) is 28.2 Å². The van der Waals surface area contributed by atoms with E-state index >= 15 is 0 Å². The van der Waals surface area contributed by atoms with E-state index in [1.54, 1.807) is 6.07 Å². The summed E-state index contributed by atoms with van der Waals surface area (Å²) in [5.74, 6) is -1.46. The third kappa shape index (κ3) is 3.43. The highest BCUT2D eigenvalue weighted by Gasteiger charge is 2.34. The van der Waals surface area contributed by atoms with Crippen molar-refractivity contribution in [3.8, 4) is 0 Å². The van der Waals surface area contributed by atoms with Gasteiger partial charge < -0.3 is 15.2 Å². The number of hydrogen-bond acceptors (Lipinski definition) is 4. The molecule has 1 aromatic rings. The largest absolute Gasteiger partial charge is 0.479 e. The fourth-order valence-corrected chi connectivity index (χ4v) is 2.21. The van der Waals surface area contributed by atoms with Crippen molar-refractivity contribution in [1.82, 2.24) is 4.98 Å². The smallest absolute Gasteiger partial charge is 0.332 e. The Morgan fingerprint density at radius 1 is 1.47 bits per heavy atom. The van der Waals surface area contributed by atoms with Gasteiger partial charge in [-0.05, 0) is 34.8 Å². The molecule has 1 aromatic heterocycles. The van der Waals surface area contributed by atoms with Gasteiger partial charge >= 0.3 is 5.97 Å². The molecule has 0 aliphatic carbocycles. The number of carboxylic acids is 1. The maximum atomic E-state index is 11.9. The summed E-state index contributed by atoms with van der Waals surface area (Å²) in [5.41, 5.74) is 0.417. The van der Waals surface area contributed by atoms with Crippen molar-refractivity contribution in [1.29, 1.82) is 0 Å². The first-order valence-electron chi connectivity index (χ1n) is 5.47. The van der Waals surface area contributed by atoms with Crippen LogP contribution in [0.4, 0.5) is 5.69 Å². The number of anilines is 1. The van der Waals surface area contributed by atoms with E-state index in [1.165, 1.54) is 6.20 Å². The molecule has 0 saturated carbocycles. The molecule has 102 valence electrons. The highest BCUT2D eigenvalue weighted by atomic mass is 79.9. The Hall–Kier alpha value is -1.18. The van der Waals surface area contributed by atoms with Gasteiger partial charge in [-0.25, -0.2) is 9.78 Å². The lowest BCUT2D eigenvalue weighted by molar-refractivity contribution is -0.150. The molecule has 2 atom stereocenters. The molecule has 2 N–H and O–H groups in total. The summed E-state index contributed by atoms with van der Waals surface area (Å²) < 4.78 is 5.59. The molecular weight excluding hydrogens is 339 g/mol. The Kier molecular flexibility index (Phi) is 4.38. The number of hydrogen-bond donors (Lipinski definition) is 2. The van der Waals surface area contributed by atoms with Gasteiger partial charge in [0.2, 0.25) is 0 Å². The van der Waals surface area contributed by atoms with Crippen molar-refractivity contribution in [2.24, 2.45) is 0 Å². The maximum absolute atomic E-state index is 11.9. The molecule has 0 bridgehead atoms. The fourth-order valence-electron chi connectivity index (χ4n) is 1.74. The number of pyridine rings is 1. The summed E-state index contributed by atoms with van der Waals surface area (Å²) in [6, 6.07) is 1.54. The number of nitrogens with zero attached hydrogens (tertiary/aromatic N) is 1. The first-order chi connectivity index (χ1) is 8.97. The second-order valence-corrected chi connectivity index (χ2v) is 5.20. The molecule has 1 fully saturated rings. The molecule has 8 heteroatoms. The van der Waals surface area contributed by atoms with Crippen molar-refractivity contribution in [3.63, 3.8) is 0 Å². The van der Waals surface area contributed by atoms with E-state index < -0.39 is 24.1 Å². The van der Waals surface area contributed by atoms with Crippen LogP contribution in [-0.4, -0.2) is 34.2 Å². The zero-order valence-electron chi connectivity index (χ0n) is 9.60. The number of aliphatic carboxylic acids is 1. The molecule has 0 spiro atoms. The van der Waals surface area contributed by atoms with Crippen molar-refractivity contribution < 1.29 is 19.4 Å². The molecular formula is C11H10BrClN2O4. The molecule has 2 heterocycles. The minimum Gasteiger partial charge on any atom is -0.479 e. The van der Waals surface area contributed by atoms with Crippen LogP contribution in [0.15, 0.2) is 16.9 Å². The molecule has 1 amide bonds. The summed E-state index contributed by atoms with van der Waals surface area (Å²) in [6.07, 6.45) is 0.439. The Morgan fingerprint density at radius 2 is 2.16 bits per heavy atom. The van der Waals surface area contributed by atoms with Crippen LogP contribution in [0.2, 0.25) is 5.02 Å². The van der Waals surface area contributed by atoms with Gasteiger partial charge in [-0.2, -0.15) is 0 Å². The van der Waals surface area contributed by atoms with Crippen LogP contribution < -0.4 is 5.32 Å². The van der Waals surface area contributed by atoms with E-state index in [-0.39, 0.29) is 0 Å². The topological polar surface area (TPSA) is 88.5 Å². The van der Waals surface area contributed by atoms with E-state index in [2.05, 4.69) is 26.2 Å². The number of halogens is 2. The van der Waals surface area contributed by atoms with Crippen molar-refractivity contribution in [3.05, 3.63) is 21.9 Å². The van der Waals surface area contributed by atoms with E-state index in [1.807, 2.05) is 0 Å². The molecule has 2 rings (SSSR count). The Balaban J connectivity index is 2.02. The second kappa shape index (κ2) is 5.85. The van der Waals surface area contributed by atoms with Gasteiger partial charge in [0.05, 0.1) is 10.7 Å². The minimum absolute atomic E-state index is 0.322. The van der Waals surface area contributed by atoms with Gasteiger partial charge in [0.15, 0.2) is 6.10 Å². The van der Waals surface area contributed by atoms with Gasteiger partial charge in [0.1, 0.15) is 10.7 Å². The lowest BCUT2D eigenvalue weighted by Crippen LogP contribution is -2.30. The van der Waals surface area contributed by atoms with Crippen molar-refractivity contribution >= 4 is 45.1 Å². The monoisotopic (exact) mass is 348 g/mol. The zero-order valence-corrected chi connectivity index (χ0v) is 11.9. The van der Waals surface area contributed by atoms with Crippen LogP contribution >= 0.6 is 27.5 Å². The average molecular weight is 350 g/mol. The standard InChI is InChI=1S/C11H10BrClN2O4/c12-9-6(3-5(13)4-14-9)15-10(16)7-1-2-8(19-7)11(17)18/h3-4,7-8H,1-2H2,(H,15,16)(H,17,18)/t7-,8+/m0/s1. The second-order valence-electron chi connectivity index (χ2n) is 4.01. The van der Waals surface area contributed by atoms with Gasteiger partial charge in [-0.1, -0.05) is 11.6 Å². The lowest BCUT2D eigenvalue weighted by Gasteiger charge is -2.12. The first kappa shape index (κ1) is 14.2. The van der Waals surface area contributed by atoms with Crippen LogP contribution in [0, 0.1) is 0 Å². The SMILES string of the molecule is O=C(Nc1cc(Cl)cnc1Br)[C@@H]1CC[C@H](C(=O)O)O1. The van der Waals surface area contributed by atoms with E-state index in [0.717, 1.165) is 0 Å². The molecule has 0 unspecified atom stereocenters. The summed E-state index contributed by atoms with van der Waals surface area (Å²) in [4.78, 5) is 26.6. The number of amides is 1. The maximum Gasteiger partial charge on any atom is 0.332 e. The quantitative estimate of drug-likeness (QED) is 0.816. The third-order valence-electron chi connectivity index (χ3n) is 2.65. The minimum atomic E-state index is -1.05. The van der Waals surface area contributed by atoms with Gasteiger partial charge in [-0.15, -0.1) is 0 Å². The van der Waals surface area contributed by atoms with Crippen LogP contribution in [0.1, 0.15) is 12.8 Å². The number of rotatable bonds is 3. The summed E-state index contributed by atoms with van der Waals surface area (Å²) in [6.45, 7) is 0. The average Bonchev–Trinajstić information content (AvgIpc) is 2.83. The molecule has 1 aliphatic rings. The molecule has 0 radical (unpaired) electrons. The highest BCUT2D eigenvalue weighted by Crippen LogP contribution is 2.25. The Labute approximate surface area is 122 Å². The van der Waals surface area contributed by atoms with Gasteiger partial charge in [0, 0.05) is 6.20 Å². The molecule has 1 saturated heterocycles. The number of ether oxygens (including phenoxy) is 1. The first-order valence-corrected chi connectivity index (χ1v) is 6.64. The Bertz CT molecular complexity index is 525. The van der Waals surface area contributed by atoms with Crippen LogP contribution in [0.5, 0.6) is 0 Å². The summed E-state index contributed by atoms with van der Waals surface area (Å²) in [7, 11) is 0. The number of carboxylic acid groups (broad SMARTS) is 1.